The fourth-order valence-electron chi connectivity index (χ4n) is 2.83. The summed E-state index contributed by atoms with van der Waals surface area (Å²) in [4.78, 5) is 5.23. The van der Waals surface area contributed by atoms with E-state index in [4.69, 9.17) is 0 Å². The van der Waals surface area contributed by atoms with E-state index in [0.717, 1.165) is 9.97 Å². The lowest BCUT2D eigenvalue weighted by Gasteiger charge is -2.35. The van der Waals surface area contributed by atoms with Crippen LogP contribution in [0.2, 0.25) is 0 Å². The molecule has 0 aromatic rings. The van der Waals surface area contributed by atoms with Crippen LogP contribution in [0.1, 0.15) is 32.1 Å². The molecule has 1 heterocycles. The highest BCUT2D eigenvalue weighted by Crippen LogP contribution is 2.28. The summed E-state index contributed by atoms with van der Waals surface area (Å²) in [6.07, 6.45) is 7.13. The first kappa shape index (κ1) is 12.1. The van der Waals surface area contributed by atoms with E-state index < -0.39 is 0 Å². The van der Waals surface area contributed by atoms with Gasteiger partial charge >= 0.3 is 0 Å². The second kappa shape index (κ2) is 5.82. The Kier molecular flexibility index (Phi) is 4.70. The Bertz CT molecular complexity index is 190. The van der Waals surface area contributed by atoms with Gasteiger partial charge in [-0.25, -0.2) is 0 Å². The third kappa shape index (κ3) is 3.56. The number of nitrogens with zero attached hydrogens (tertiary/aromatic N) is 2. The van der Waals surface area contributed by atoms with Gasteiger partial charge in [0.2, 0.25) is 0 Å². The van der Waals surface area contributed by atoms with Crippen LogP contribution < -0.4 is 0 Å². The minimum Gasteiger partial charge on any atom is -0.305 e. The SMILES string of the molecule is CN1CCCN(C2CCC(I)CC2)CC1. The third-order valence-electron chi connectivity index (χ3n) is 3.90. The summed E-state index contributed by atoms with van der Waals surface area (Å²) in [7, 11) is 2.26. The zero-order chi connectivity index (χ0) is 10.7. The molecule has 0 N–H and O–H groups in total. The van der Waals surface area contributed by atoms with Crippen molar-refractivity contribution in [3.8, 4) is 0 Å². The van der Waals surface area contributed by atoms with Crippen LogP contribution >= 0.6 is 22.6 Å². The first-order chi connectivity index (χ1) is 7.25. The molecule has 2 aliphatic rings. The van der Waals surface area contributed by atoms with Crippen LogP contribution in [0.3, 0.4) is 0 Å². The molecule has 0 aromatic carbocycles. The predicted molar refractivity (Wildman–Crippen MR) is 73.8 cm³/mol. The Balaban J connectivity index is 1.82. The number of likely N-dealkylation sites (N-methyl/N-ethyl adjacent to an activating group) is 1. The molecule has 0 aromatic heterocycles. The molecule has 1 saturated heterocycles. The van der Waals surface area contributed by atoms with Crippen LogP contribution in [0, 0.1) is 0 Å². The van der Waals surface area contributed by atoms with Crippen LogP contribution in [0.5, 0.6) is 0 Å². The molecule has 15 heavy (non-hydrogen) atoms. The molecule has 2 rings (SSSR count). The summed E-state index contributed by atoms with van der Waals surface area (Å²) in [6, 6.07) is 0.905. The van der Waals surface area contributed by atoms with E-state index in [9.17, 15) is 0 Å². The lowest BCUT2D eigenvalue weighted by Crippen LogP contribution is -2.40. The van der Waals surface area contributed by atoms with Crippen molar-refractivity contribution in [2.75, 3.05) is 33.2 Å². The molecule has 1 aliphatic carbocycles. The van der Waals surface area contributed by atoms with Gasteiger partial charge in [-0.2, -0.15) is 0 Å². The Hall–Kier alpha value is 0.650. The minimum absolute atomic E-state index is 0.905. The van der Waals surface area contributed by atoms with Gasteiger partial charge in [-0.1, -0.05) is 22.6 Å². The van der Waals surface area contributed by atoms with Gasteiger partial charge in [0.25, 0.3) is 0 Å². The summed E-state index contributed by atoms with van der Waals surface area (Å²) in [5, 5.41) is 0. The molecule has 0 spiro atoms. The molecular formula is C12H23IN2. The van der Waals surface area contributed by atoms with E-state index in [1.165, 1.54) is 58.3 Å². The summed E-state index contributed by atoms with van der Waals surface area (Å²) < 4.78 is 0.952. The maximum atomic E-state index is 2.76. The summed E-state index contributed by atoms with van der Waals surface area (Å²) >= 11 is 2.62. The monoisotopic (exact) mass is 322 g/mol. The second-order valence-corrected chi connectivity index (χ2v) is 6.86. The quantitative estimate of drug-likeness (QED) is 0.540. The van der Waals surface area contributed by atoms with Gasteiger partial charge in [-0.15, -0.1) is 0 Å². The lowest BCUT2D eigenvalue weighted by atomic mass is 9.94. The van der Waals surface area contributed by atoms with E-state index in [2.05, 4.69) is 39.4 Å². The minimum atomic E-state index is 0.905. The first-order valence-corrected chi connectivity index (χ1v) is 7.57. The van der Waals surface area contributed by atoms with Crippen LogP contribution in [0.15, 0.2) is 0 Å². The number of hydrogen-bond donors (Lipinski definition) is 0. The zero-order valence-electron chi connectivity index (χ0n) is 9.79. The van der Waals surface area contributed by atoms with Crippen molar-refractivity contribution in [3.05, 3.63) is 0 Å². The topological polar surface area (TPSA) is 6.48 Å². The van der Waals surface area contributed by atoms with E-state index in [-0.39, 0.29) is 0 Å². The maximum absolute atomic E-state index is 2.76. The molecule has 88 valence electrons. The van der Waals surface area contributed by atoms with Crippen LogP contribution in [0.4, 0.5) is 0 Å². The third-order valence-corrected chi connectivity index (χ3v) is 5.14. The Labute approximate surface area is 108 Å². The molecule has 3 heteroatoms. The van der Waals surface area contributed by atoms with Gasteiger partial charge in [0, 0.05) is 23.1 Å². The predicted octanol–water partition coefficient (Wildman–Crippen LogP) is 2.37. The Morgan fingerprint density at radius 2 is 1.67 bits per heavy atom. The van der Waals surface area contributed by atoms with Crippen molar-refractivity contribution in [1.29, 1.82) is 0 Å². The summed E-state index contributed by atoms with van der Waals surface area (Å²) in [5.41, 5.74) is 0. The second-order valence-electron chi connectivity index (χ2n) is 5.10. The van der Waals surface area contributed by atoms with E-state index >= 15 is 0 Å². The Morgan fingerprint density at radius 1 is 0.933 bits per heavy atom. The van der Waals surface area contributed by atoms with Crippen LogP contribution in [-0.2, 0) is 0 Å². The molecule has 2 fully saturated rings. The van der Waals surface area contributed by atoms with Gasteiger partial charge in [0.05, 0.1) is 0 Å². The molecular weight excluding hydrogens is 299 g/mol. The van der Waals surface area contributed by atoms with Crippen LogP contribution in [0.25, 0.3) is 0 Å². The molecule has 0 radical (unpaired) electrons. The molecule has 0 amide bonds. The summed E-state index contributed by atoms with van der Waals surface area (Å²) in [6.45, 7) is 5.19. The van der Waals surface area contributed by atoms with E-state index in [1.54, 1.807) is 0 Å². The van der Waals surface area contributed by atoms with Gasteiger partial charge in [0.15, 0.2) is 0 Å². The van der Waals surface area contributed by atoms with Gasteiger partial charge in [-0.05, 0) is 52.2 Å². The number of halogens is 1. The van der Waals surface area contributed by atoms with Gasteiger partial charge in [0.1, 0.15) is 0 Å². The zero-order valence-corrected chi connectivity index (χ0v) is 11.9. The summed E-state index contributed by atoms with van der Waals surface area (Å²) in [5.74, 6) is 0. The van der Waals surface area contributed by atoms with Crippen LogP contribution in [-0.4, -0.2) is 53.0 Å². The standard InChI is InChI=1S/C12H23IN2/c1-14-7-2-8-15(10-9-14)12-5-3-11(13)4-6-12/h11-12H,2-10H2,1H3. The van der Waals surface area contributed by atoms with Crippen molar-refractivity contribution in [2.45, 2.75) is 42.1 Å². The normalized spacial score (nSPS) is 36.4. The number of rotatable bonds is 1. The smallest absolute Gasteiger partial charge is 0.0112 e. The van der Waals surface area contributed by atoms with E-state index in [0.29, 0.717) is 0 Å². The maximum Gasteiger partial charge on any atom is 0.0112 e. The molecule has 1 saturated carbocycles. The molecule has 2 nitrogen and oxygen atoms in total. The van der Waals surface area contributed by atoms with Gasteiger partial charge < -0.3 is 4.90 Å². The van der Waals surface area contributed by atoms with Crippen molar-refractivity contribution < 1.29 is 0 Å². The Morgan fingerprint density at radius 3 is 2.40 bits per heavy atom. The van der Waals surface area contributed by atoms with Crippen molar-refractivity contribution in [1.82, 2.24) is 9.80 Å². The largest absolute Gasteiger partial charge is 0.305 e. The molecule has 0 bridgehead atoms. The van der Waals surface area contributed by atoms with E-state index in [1.807, 2.05) is 0 Å². The highest BCUT2D eigenvalue weighted by atomic mass is 127. The average Bonchev–Trinajstić information content (AvgIpc) is 2.44. The van der Waals surface area contributed by atoms with Crippen molar-refractivity contribution >= 4 is 22.6 Å². The van der Waals surface area contributed by atoms with Gasteiger partial charge in [-0.3, -0.25) is 4.90 Å². The van der Waals surface area contributed by atoms with Crippen molar-refractivity contribution in [3.63, 3.8) is 0 Å². The fraction of sp³-hybridized carbons (Fsp3) is 1.00. The average molecular weight is 322 g/mol. The number of hydrogen-bond acceptors (Lipinski definition) is 2. The number of alkyl halides is 1. The first-order valence-electron chi connectivity index (χ1n) is 6.32. The molecule has 1 aliphatic heterocycles. The highest BCUT2D eigenvalue weighted by molar-refractivity contribution is 14.1. The highest BCUT2D eigenvalue weighted by Gasteiger charge is 2.25. The molecule has 0 atom stereocenters. The lowest BCUT2D eigenvalue weighted by molar-refractivity contribution is 0.164. The molecule has 0 unspecified atom stereocenters. The van der Waals surface area contributed by atoms with Crippen molar-refractivity contribution in [2.24, 2.45) is 0 Å². The fourth-order valence-corrected chi connectivity index (χ4v) is 3.55.